The van der Waals surface area contributed by atoms with E-state index in [-0.39, 0.29) is 12.1 Å². The molecule has 0 aliphatic carbocycles. The molecule has 2 aliphatic rings. The van der Waals surface area contributed by atoms with Gasteiger partial charge in [-0.25, -0.2) is 4.79 Å². The number of anilines is 1. The highest BCUT2D eigenvalue weighted by molar-refractivity contribution is 5.77. The van der Waals surface area contributed by atoms with Crippen LogP contribution in [0.2, 0.25) is 0 Å². The van der Waals surface area contributed by atoms with Gasteiger partial charge >= 0.3 is 6.03 Å². The van der Waals surface area contributed by atoms with Crippen molar-refractivity contribution in [2.45, 2.75) is 19.0 Å². The quantitative estimate of drug-likeness (QED) is 0.914. The van der Waals surface area contributed by atoms with Gasteiger partial charge in [0, 0.05) is 25.3 Å². The van der Waals surface area contributed by atoms with Gasteiger partial charge < -0.3 is 15.5 Å². The van der Waals surface area contributed by atoms with Crippen molar-refractivity contribution in [1.82, 2.24) is 10.2 Å². The van der Waals surface area contributed by atoms with E-state index in [1.165, 1.54) is 16.8 Å². The van der Waals surface area contributed by atoms with Crippen LogP contribution in [-0.2, 0) is 13.0 Å². The highest BCUT2D eigenvalue weighted by Crippen LogP contribution is 2.25. The molecule has 0 bridgehead atoms. The SMILES string of the molecule is O=C1N[C@@H](c2ccccc2)CN1Cc1ccc2c(c1)CCN2. The van der Waals surface area contributed by atoms with Crippen LogP contribution < -0.4 is 10.6 Å². The summed E-state index contributed by atoms with van der Waals surface area (Å²) in [5.74, 6) is 0. The van der Waals surface area contributed by atoms with E-state index in [4.69, 9.17) is 0 Å². The summed E-state index contributed by atoms with van der Waals surface area (Å²) in [5, 5.41) is 6.43. The van der Waals surface area contributed by atoms with Crippen molar-refractivity contribution in [3.8, 4) is 0 Å². The lowest BCUT2D eigenvalue weighted by Crippen LogP contribution is -2.27. The molecule has 1 saturated heterocycles. The van der Waals surface area contributed by atoms with Gasteiger partial charge in [-0.2, -0.15) is 0 Å². The molecule has 22 heavy (non-hydrogen) atoms. The second kappa shape index (κ2) is 5.37. The molecule has 112 valence electrons. The summed E-state index contributed by atoms with van der Waals surface area (Å²) < 4.78 is 0. The summed E-state index contributed by atoms with van der Waals surface area (Å²) >= 11 is 0. The van der Waals surface area contributed by atoms with Gasteiger partial charge in [0.2, 0.25) is 0 Å². The summed E-state index contributed by atoms with van der Waals surface area (Å²) in [6.07, 6.45) is 1.07. The van der Waals surface area contributed by atoms with Gasteiger partial charge in [0.15, 0.2) is 0 Å². The molecule has 4 heteroatoms. The molecule has 4 rings (SSSR count). The Bertz CT molecular complexity index is 699. The van der Waals surface area contributed by atoms with Crippen LogP contribution in [0.3, 0.4) is 0 Å². The van der Waals surface area contributed by atoms with Crippen molar-refractivity contribution in [2.75, 3.05) is 18.4 Å². The summed E-state index contributed by atoms with van der Waals surface area (Å²) in [6.45, 7) is 2.40. The molecule has 0 radical (unpaired) electrons. The van der Waals surface area contributed by atoms with Crippen LogP contribution >= 0.6 is 0 Å². The van der Waals surface area contributed by atoms with E-state index in [2.05, 4.69) is 41.0 Å². The van der Waals surface area contributed by atoms with E-state index < -0.39 is 0 Å². The topological polar surface area (TPSA) is 44.4 Å². The normalized spacial score (nSPS) is 19.7. The maximum absolute atomic E-state index is 12.2. The van der Waals surface area contributed by atoms with E-state index in [1.54, 1.807) is 0 Å². The molecule has 2 aliphatic heterocycles. The number of hydrogen-bond donors (Lipinski definition) is 2. The number of urea groups is 1. The molecule has 2 N–H and O–H groups in total. The van der Waals surface area contributed by atoms with Crippen molar-refractivity contribution in [2.24, 2.45) is 0 Å². The Morgan fingerprint density at radius 3 is 2.86 bits per heavy atom. The Morgan fingerprint density at radius 1 is 1.14 bits per heavy atom. The Kier molecular flexibility index (Phi) is 3.22. The lowest BCUT2D eigenvalue weighted by molar-refractivity contribution is 0.215. The lowest BCUT2D eigenvalue weighted by atomic mass is 10.1. The number of fused-ring (bicyclic) bond motifs is 1. The molecule has 2 aromatic carbocycles. The minimum atomic E-state index is 0.0208. The molecule has 4 nitrogen and oxygen atoms in total. The molecule has 2 aromatic rings. The van der Waals surface area contributed by atoms with Gasteiger partial charge in [0.25, 0.3) is 0 Å². The Hall–Kier alpha value is -2.49. The first-order chi connectivity index (χ1) is 10.8. The number of nitrogens with zero attached hydrogens (tertiary/aromatic N) is 1. The smallest absolute Gasteiger partial charge is 0.318 e. The van der Waals surface area contributed by atoms with E-state index in [9.17, 15) is 4.79 Å². The number of rotatable bonds is 3. The first kappa shape index (κ1) is 13.2. The molecule has 1 atom stereocenters. The van der Waals surface area contributed by atoms with Crippen molar-refractivity contribution in [3.63, 3.8) is 0 Å². The van der Waals surface area contributed by atoms with Gasteiger partial charge in [-0.05, 0) is 29.2 Å². The minimum Gasteiger partial charge on any atom is -0.384 e. The summed E-state index contributed by atoms with van der Waals surface area (Å²) in [5.41, 5.74) is 4.95. The van der Waals surface area contributed by atoms with E-state index in [0.29, 0.717) is 6.54 Å². The Morgan fingerprint density at radius 2 is 2.00 bits per heavy atom. The Labute approximate surface area is 130 Å². The standard InChI is InChI=1S/C18H19N3O/c22-18-20-17(14-4-2-1-3-5-14)12-21(18)11-13-6-7-16-15(10-13)8-9-19-16/h1-7,10,17,19H,8-9,11-12H2,(H,20,22)/t17-/m1/s1. The van der Waals surface area contributed by atoms with Crippen molar-refractivity contribution < 1.29 is 4.79 Å². The van der Waals surface area contributed by atoms with Crippen molar-refractivity contribution in [3.05, 3.63) is 65.2 Å². The highest BCUT2D eigenvalue weighted by Gasteiger charge is 2.29. The van der Waals surface area contributed by atoms with E-state index in [0.717, 1.165) is 25.1 Å². The number of carbonyl (C=O) groups excluding carboxylic acids is 1. The lowest BCUT2D eigenvalue weighted by Gasteiger charge is -2.15. The number of benzene rings is 2. The van der Waals surface area contributed by atoms with Gasteiger partial charge in [-0.15, -0.1) is 0 Å². The van der Waals surface area contributed by atoms with Gasteiger partial charge in [-0.3, -0.25) is 0 Å². The first-order valence-electron chi connectivity index (χ1n) is 7.76. The van der Waals surface area contributed by atoms with Gasteiger partial charge in [0.05, 0.1) is 6.04 Å². The van der Waals surface area contributed by atoms with Crippen LogP contribution in [0, 0.1) is 0 Å². The summed E-state index contributed by atoms with van der Waals surface area (Å²) in [7, 11) is 0. The molecule has 1 fully saturated rings. The van der Waals surface area contributed by atoms with Crippen LogP contribution in [0.1, 0.15) is 22.7 Å². The number of carbonyl (C=O) groups is 1. The second-order valence-electron chi connectivity index (χ2n) is 5.96. The zero-order valence-corrected chi connectivity index (χ0v) is 12.4. The third-order valence-electron chi connectivity index (χ3n) is 4.44. The predicted molar refractivity (Wildman–Crippen MR) is 86.8 cm³/mol. The van der Waals surface area contributed by atoms with Gasteiger partial charge in [0.1, 0.15) is 0 Å². The molecule has 0 unspecified atom stereocenters. The average molecular weight is 293 g/mol. The van der Waals surface area contributed by atoms with Gasteiger partial charge in [-0.1, -0.05) is 42.5 Å². The molecule has 2 amide bonds. The molecule has 0 saturated carbocycles. The summed E-state index contributed by atoms with van der Waals surface area (Å²) in [6, 6.07) is 16.7. The average Bonchev–Trinajstić information content (AvgIpc) is 3.15. The third kappa shape index (κ3) is 2.41. The maximum Gasteiger partial charge on any atom is 0.318 e. The fraction of sp³-hybridized carbons (Fsp3) is 0.278. The molecular weight excluding hydrogens is 274 g/mol. The largest absolute Gasteiger partial charge is 0.384 e. The van der Waals surface area contributed by atoms with Crippen LogP contribution in [0.25, 0.3) is 0 Å². The predicted octanol–water partition coefficient (Wildman–Crippen LogP) is 2.92. The fourth-order valence-corrected chi connectivity index (χ4v) is 3.28. The molecule has 0 aromatic heterocycles. The second-order valence-corrected chi connectivity index (χ2v) is 5.96. The third-order valence-corrected chi connectivity index (χ3v) is 4.44. The first-order valence-corrected chi connectivity index (χ1v) is 7.76. The number of hydrogen-bond acceptors (Lipinski definition) is 2. The van der Waals surface area contributed by atoms with Crippen LogP contribution in [0.15, 0.2) is 48.5 Å². The number of nitrogens with one attached hydrogen (secondary N) is 2. The highest BCUT2D eigenvalue weighted by atomic mass is 16.2. The van der Waals surface area contributed by atoms with E-state index in [1.807, 2.05) is 23.1 Å². The Balaban J connectivity index is 1.48. The maximum atomic E-state index is 12.2. The zero-order chi connectivity index (χ0) is 14.9. The monoisotopic (exact) mass is 293 g/mol. The molecular formula is C18H19N3O. The van der Waals surface area contributed by atoms with Crippen LogP contribution in [-0.4, -0.2) is 24.0 Å². The zero-order valence-electron chi connectivity index (χ0n) is 12.4. The van der Waals surface area contributed by atoms with Crippen LogP contribution in [0.5, 0.6) is 0 Å². The van der Waals surface area contributed by atoms with E-state index >= 15 is 0 Å². The van der Waals surface area contributed by atoms with Crippen molar-refractivity contribution in [1.29, 1.82) is 0 Å². The number of amides is 2. The minimum absolute atomic E-state index is 0.0208. The van der Waals surface area contributed by atoms with Crippen LogP contribution in [0.4, 0.5) is 10.5 Å². The molecule has 2 heterocycles. The summed E-state index contributed by atoms with van der Waals surface area (Å²) in [4.78, 5) is 14.1. The fourth-order valence-electron chi connectivity index (χ4n) is 3.28. The van der Waals surface area contributed by atoms with Crippen molar-refractivity contribution >= 4 is 11.7 Å². The molecule has 0 spiro atoms.